The van der Waals surface area contributed by atoms with Crippen LogP contribution in [-0.2, 0) is 6.54 Å². The molecule has 26 heavy (non-hydrogen) atoms. The lowest BCUT2D eigenvalue weighted by atomic mass is 10.1. The Morgan fingerprint density at radius 2 is 1.88 bits per heavy atom. The fourth-order valence-electron chi connectivity index (χ4n) is 2.42. The Morgan fingerprint density at radius 3 is 2.58 bits per heavy atom. The number of hydrogen-bond acceptors (Lipinski definition) is 5. The number of Topliss-reactive ketones (excluding diaryl/α,β-unsaturated/α-hetero) is 1. The molecule has 0 amide bonds. The zero-order valence-corrected chi connectivity index (χ0v) is 16.4. The molecule has 0 aliphatic carbocycles. The SMILES string of the molecule is CCCn1c(SCC(=O)c2ccc(Cl)c(Cl)c2)nnc1-c1ccncc1. The molecule has 0 saturated heterocycles. The number of ketones is 1. The number of carbonyl (C=O) groups excluding carboxylic acids is 1. The van der Waals surface area contributed by atoms with Crippen molar-refractivity contribution in [3.63, 3.8) is 0 Å². The highest BCUT2D eigenvalue weighted by atomic mass is 35.5. The van der Waals surface area contributed by atoms with Crippen molar-refractivity contribution in [1.82, 2.24) is 19.7 Å². The van der Waals surface area contributed by atoms with Gasteiger partial charge in [0, 0.05) is 30.1 Å². The third-order valence-electron chi connectivity index (χ3n) is 3.68. The van der Waals surface area contributed by atoms with Crippen molar-refractivity contribution in [1.29, 1.82) is 0 Å². The second-order valence-corrected chi connectivity index (χ2v) is 7.29. The number of pyridine rings is 1. The van der Waals surface area contributed by atoms with Gasteiger partial charge in [-0.1, -0.05) is 41.9 Å². The van der Waals surface area contributed by atoms with Crippen LogP contribution in [0, 0.1) is 0 Å². The van der Waals surface area contributed by atoms with E-state index in [1.807, 2.05) is 16.7 Å². The summed E-state index contributed by atoms with van der Waals surface area (Å²) in [5.74, 6) is 0.986. The van der Waals surface area contributed by atoms with E-state index in [0.717, 1.165) is 24.4 Å². The molecule has 0 spiro atoms. The number of thioether (sulfide) groups is 1. The zero-order valence-electron chi connectivity index (χ0n) is 14.0. The molecule has 2 aromatic heterocycles. The van der Waals surface area contributed by atoms with Gasteiger partial charge >= 0.3 is 0 Å². The molecule has 3 rings (SSSR count). The molecule has 0 aliphatic rings. The summed E-state index contributed by atoms with van der Waals surface area (Å²) in [6.07, 6.45) is 4.38. The predicted molar refractivity (Wildman–Crippen MR) is 105 cm³/mol. The third kappa shape index (κ3) is 4.26. The smallest absolute Gasteiger partial charge is 0.191 e. The van der Waals surface area contributed by atoms with Gasteiger partial charge in [0.15, 0.2) is 16.8 Å². The monoisotopic (exact) mass is 406 g/mol. The standard InChI is InChI=1S/C18H16Cl2N4OS/c1-2-9-24-17(12-5-7-21-8-6-12)22-23-18(24)26-11-16(25)13-3-4-14(19)15(20)10-13/h3-8,10H,2,9,11H2,1H3. The minimum atomic E-state index is -0.0370. The van der Waals surface area contributed by atoms with E-state index in [4.69, 9.17) is 23.2 Å². The van der Waals surface area contributed by atoms with Gasteiger partial charge in [-0.05, 0) is 36.8 Å². The van der Waals surface area contributed by atoms with E-state index < -0.39 is 0 Å². The van der Waals surface area contributed by atoms with Crippen LogP contribution in [0.3, 0.4) is 0 Å². The van der Waals surface area contributed by atoms with Crippen molar-refractivity contribution in [3.8, 4) is 11.4 Å². The highest BCUT2D eigenvalue weighted by Crippen LogP contribution is 2.26. The molecule has 3 aromatic rings. The van der Waals surface area contributed by atoms with Gasteiger partial charge in [0.25, 0.3) is 0 Å². The van der Waals surface area contributed by atoms with Crippen LogP contribution in [0.15, 0.2) is 47.9 Å². The molecule has 0 saturated carbocycles. The first-order valence-electron chi connectivity index (χ1n) is 8.04. The van der Waals surface area contributed by atoms with Crippen LogP contribution in [0.25, 0.3) is 11.4 Å². The number of aromatic nitrogens is 4. The fourth-order valence-corrected chi connectivity index (χ4v) is 3.58. The highest BCUT2D eigenvalue weighted by molar-refractivity contribution is 7.99. The number of carbonyl (C=O) groups is 1. The predicted octanol–water partition coefficient (Wildman–Crippen LogP) is 5.03. The lowest BCUT2D eigenvalue weighted by molar-refractivity contribution is 0.102. The first-order valence-corrected chi connectivity index (χ1v) is 9.79. The van der Waals surface area contributed by atoms with Crippen LogP contribution in [-0.4, -0.2) is 31.3 Å². The van der Waals surface area contributed by atoms with Gasteiger partial charge in [-0.2, -0.15) is 0 Å². The molecule has 8 heteroatoms. The quantitative estimate of drug-likeness (QED) is 0.406. The molecular formula is C18H16Cl2N4OS. The summed E-state index contributed by atoms with van der Waals surface area (Å²) in [7, 11) is 0. The summed E-state index contributed by atoms with van der Waals surface area (Å²) in [5.41, 5.74) is 1.48. The molecule has 5 nitrogen and oxygen atoms in total. The third-order valence-corrected chi connectivity index (χ3v) is 5.38. The maximum absolute atomic E-state index is 12.4. The Bertz CT molecular complexity index is 915. The van der Waals surface area contributed by atoms with Gasteiger partial charge in [-0.15, -0.1) is 10.2 Å². The fraction of sp³-hybridized carbons (Fsp3) is 0.222. The Morgan fingerprint density at radius 1 is 1.12 bits per heavy atom. The number of halogens is 2. The zero-order chi connectivity index (χ0) is 18.5. The molecule has 1 aromatic carbocycles. The summed E-state index contributed by atoms with van der Waals surface area (Å²) in [6.45, 7) is 2.86. The lowest BCUT2D eigenvalue weighted by Crippen LogP contribution is -2.06. The molecule has 0 aliphatic heterocycles. The largest absolute Gasteiger partial charge is 0.302 e. The molecule has 0 N–H and O–H groups in total. The van der Waals surface area contributed by atoms with Gasteiger partial charge in [0.2, 0.25) is 0 Å². The number of nitrogens with zero attached hydrogens (tertiary/aromatic N) is 4. The van der Waals surface area contributed by atoms with Gasteiger partial charge < -0.3 is 4.57 Å². The summed E-state index contributed by atoms with van der Waals surface area (Å²) in [6, 6.07) is 8.68. The summed E-state index contributed by atoms with van der Waals surface area (Å²) in [5, 5.41) is 10.1. The summed E-state index contributed by atoms with van der Waals surface area (Å²) < 4.78 is 2.03. The summed E-state index contributed by atoms with van der Waals surface area (Å²) >= 11 is 13.3. The van der Waals surface area contributed by atoms with Crippen LogP contribution in [0.1, 0.15) is 23.7 Å². The first kappa shape index (κ1) is 18.9. The number of rotatable bonds is 7. The van der Waals surface area contributed by atoms with Crippen molar-refractivity contribution in [2.24, 2.45) is 0 Å². The highest BCUT2D eigenvalue weighted by Gasteiger charge is 2.16. The average Bonchev–Trinajstić information content (AvgIpc) is 3.06. The van der Waals surface area contributed by atoms with E-state index in [-0.39, 0.29) is 11.5 Å². The normalized spacial score (nSPS) is 10.9. The molecule has 2 heterocycles. The Kier molecular flexibility index (Phi) is 6.29. The number of benzene rings is 1. The molecular weight excluding hydrogens is 391 g/mol. The van der Waals surface area contributed by atoms with Crippen molar-refractivity contribution in [3.05, 3.63) is 58.3 Å². The van der Waals surface area contributed by atoms with E-state index in [1.54, 1.807) is 30.6 Å². The Balaban J connectivity index is 1.78. The molecule has 134 valence electrons. The second-order valence-electron chi connectivity index (χ2n) is 5.53. The maximum atomic E-state index is 12.4. The molecule has 0 fully saturated rings. The molecule has 0 bridgehead atoms. The molecule has 0 radical (unpaired) electrons. The van der Waals surface area contributed by atoms with E-state index in [9.17, 15) is 4.79 Å². The summed E-state index contributed by atoms with van der Waals surface area (Å²) in [4.78, 5) is 16.5. The molecule has 0 unspecified atom stereocenters. The van der Waals surface area contributed by atoms with E-state index in [0.29, 0.717) is 20.8 Å². The van der Waals surface area contributed by atoms with Crippen molar-refractivity contribution in [2.75, 3.05) is 5.75 Å². The van der Waals surface area contributed by atoms with Crippen molar-refractivity contribution < 1.29 is 4.79 Å². The van der Waals surface area contributed by atoms with Gasteiger partial charge in [-0.25, -0.2) is 0 Å². The van der Waals surface area contributed by atoms with Gasteiger partial charge in [0.1, 0.15) is 0 Å². The first-order chi connectivity index (χ1) is 12.6. The van der Waals surface area contributed by atoms with Gasteiger partial charge in [0.05, 0.1) is 15.8 Å². The van der Waals surface area contributed by atoms with Crippen LogP contribution in [0.5, 0.6) is 0 Å². The van der Waals surface area contributed by atoms with Crippen LogP contribution < -0.4 is 0 Å². The van der Waals surface area contributed by atoms with Gasteiger partial charge in [-0.3, -0.25) is 9.78 Å². The minimum absolute atomic E-state index is 0.0370. The number of hydrogen-bond donors (Lipinski definition) is 0. The van der Waals surface area contributed by atoms with E-state index in [1.165, 1.54) is 11.8 Å². The van der Waals surface area contributed by atoms with Crippen LogP contribution in [0.4, 0.5) is 0 Å². The minimum Gasteiger partial charge on any atom is -0.302 e. The van der Waals surface area contributed by atoms with E-state index >= 15 is 0 Å². The molecule has 0 atom stereocenters. The second kappa shape index (κ2) is 8.66. The lowest BCUT2D eigenvalue weighted by Gasteiger charge is -2.08. The average molecular weight is 407 g/mol. The van der Waals surface area contributed by atoms with Crippen LogP contribution in [0.2, 0.25) is 10.0 Å². The van der Waals surface area contributed by atoms with Crippen LogP contribution >= 0.6 is 35.0 Å². The van der Waals surface area contributed by atoms with Crippen molar-refractivity contribution >= 4 is 40.7 Å². The maximum Gasteiger partial charge on any atom is 0.191 e. The van der Waals surface area contributed by atoms with E-state index in [2.05, 4.69) is 22.1 Å². The Labute approximate surface area is 165 Å². The topological polar surface area (TPSA) is 60.7 Å². The van der Waals surface area contributed by atoms with Crippen molar-refractivity contribution in [2.45, 2.75) is 25.0 Å². The Hall–Kier alpha value is -1.89.